The van der Waals surface area contributed by atoms with Crippen LogP contribution in [0.15, 0.2) is 6.07 Å². The lowest BCUT2D eigenvalue weighted by Crippen LogP contribution is -2.54. The molecule has 0 radical (unpaired) electrons. The number of amides is 1. The minimum atomic E-state index is -0.553. The highest BCUT2D eigenvalue weighted by Crippen LogP contribution is 2.42. The SMILES string of the molecule is CC(C)(C)OC(=O)N1[C@@H]2CC[C@H]1CC(N1CCC(O)c3cc(Cl)nnc31)C2. The van der Waals surface area contributed by atoms with Crippen LogP contribution in [0.5, 0.6) is 0 Å². The number of anilines is 1. The van der Waals surface area contributed by atoms with E-state index >= 15 is 0 Å². The summed E-state index contributed by atoms with van der Waals surface area (Å²) in [5.41, 5.74) is 0.271. The first-order chi connectivity index (χ1) is 12.7. The number of ether oxygens (including phenoxy) is 1. The van der Waals surface area contributed by atoms with Crippen LogP contribution in [0.1, 0.15) is 64.5 Å². The molecular weight excluding hydrogens is 368 g/mol. The van der Waals surface area contributed by atoms with Gasteiger partial charge in [-0.15, -0.1) is 10.2 Å². The molecule has 27 heavy (non-hydrogen) atoms. The van der Waals surface area contributed by atoms with Crippen LogP contribution < -0.4 is 4.90 Å². The van der Waals surface area contributed by atoms with Crippen molar-refractivity contribution < 1.29 is 14.6 Å². The zero-order valence-corrected chi connectivity index (χ0v) is 16.8. The summed E-state index contributed by atoms with van der Waals surface area (Å²) in [6.45, 7) is 6.44. The largest absolute Gasteiger partial charge is 0.444 e. The van der Waals surface area contributed by atoms with E-state index in [-0.39, 0.29) is 24.2 Å². The van der Waals surface area contributed by atoms with Gasteiger partial charge in [-0.25, -0.2) is 4.79 Å². The van der Waals surface area contributed by atoms with Crippen LogP contribution in [-0.2, 0) is 4.74 Å². The Labute approximate surface area is 164 Å². The Bertz CT molecular complexity index is 724. The molecule has 1 N–H and O–H groups in total. The third-order valence-electron chi connectivity index (χ3n) is 5.80. The normalized spacial score (nSPS) is 30.3. The quantitative estimate of drug-likeness (QED) is 0.787. The number of piperidine rings is 1. The summed E-state index contributed by atoms with van der Waals surface area (Å²) in [6.07, 6.45) is 3.69. The lowest BCUT2D eigenvalue weighted by molar-refractivity contribution is 0.00563. The number of fused-ring (bicyclic) bond motifs is 3. The van der Waals surface area contributed by atoms with Gasteiger partial charge in [-0.1, -0.05) is 11.6 Å². The first kappa shape index (κ1) is 18.7. The van der Waals surface area contributed by atoms with E-state index in [0.29, 0.717) is 11.6 Å². The van der Waals surface area contributed by atoms with E-state index in [2.05, 4.69) is 15.1 Å². The fraction of sp³-hybridized carbons (Fsp3) is 0.737. The van der Waals surface area contributed by atoms with E-state index in [1.807, 2.05) is 25.7 Å². The predicted molar refractivity (Wildman–Crippen MR) is 102 cm³/mol. The molecule has 7 nitrogen and oxygen atoms in total. The summed E-state index contributed by atoms with van der Waals surface area (Å²) in [6, 6.07) is 2.38. The molecule has 2 bridgehead atoms. The van der Waals surface area contributed by atoms with Crippen molar-refractivity contribution in [2.45, 2.75) is 82.7 Å². The Hall–Kier alpha value is -1.60. The molecule has 148 valence electrons. The van der Waals surface area contributed by atoms with Gasteiger partial charge in [0.05, 0.1) is 6.10 Å². The van der Waals surface area contributed by atoms with Crippen molar-refractivity contribution in [1.82, 2.24) is 15.1 Å². The number of rotatable bonds is 1. The summed E-state index contributed by atoms with van der Waals surface area (Å²) in [7, 11) is 0. The number of carbonyl (C=O) groups excluding carboxylic acids is 1. The van der Waals surface area contributed by atoms with Crippen LogP contribution in [0, 0.1) is 0 Å². The third kappa shape index (κ3) is 3.59. The Balaban J connectivity index is 1.53. The average molecular weight is 395 g/mol. The fourth-order valence-electron chi connectivity index (χ4n) is 4.74. The standard InChI is InChI=1S/C19H27ClN4O3/c1-19(2,3)27-18(26)24-11-4-5-12(24)9-13(8-11)23-7-6-15(25)14-10-16(20)21-22-17(14)23/h10-13,15,25H,4-9H2,1-3H3/t11-,12+,13?,15?. The molecule has 4 rings (SSSR count). The number of carbonyl (C=O) groups is 1. The number of hydrogen-bond acceptors (Lipinski definition) is 6. The number of aromatic nitrogens is 2. The van der Waals surface area contributed by atoms with Gasteiger partial charge >= 0.3 is 6.09 Å². The maximum atomic E-state index is 12.7. The number of halogens is 1. The van der Waals surface area contributed by atoms with Gasteiger partial charge in [0, 0.05) is 30.2 Å². The van der Waals surface area contributed by atoms with Gasteiger partial charge in [0.1, 0.15) is 5.60 Å². The molecule has 0 saturated carbocycles. The van der Waals surface area contributed by atoms with Gasteiger partial charge in [-0.3, -0.25) is 0 Å². The maximum absolute atomic E-state index is 12.7. The van der Waals surface area contributed by atoms with E-state index in [9.17, 15) is 9.90 Å². The minimum Gasteiger partial charge on any atom is -0.444 e. The zero-order valence-electron chi connectivity index (χ0n) is 16.1. The van der Waals surface area contributed by atoms with Crippen LogP contribution in [0.2, 0.25) is 5.15 Å². The highest BCUT2D eigenvalue weighted by molar-refractivity contribution is 6.29. The molecule has 1 aromatic heterocycles. The first-order valence-corrected chi connectivity index (χ1v) is 10.1. The van der Waals surface area contributed by atoms with Crippen molar-refractivity contribution in [3.8, 4) is 0 Å². The van der Waals surface area contributed by atoms with Gasteiger partial charge in [-0.2, -0.15) is 0 Å². The monoisotopic (exact) mass is 394 g/mol. The van der Waals surface area contributed by atoms with Crippen molar-refractivity contribution in [3.05, 3.63) is 16.8 Å². The van der Waals surface area contributed by atoms with Gasteiger partial charge in [0.15, 0.2) is 11.0 Å². The highest BCUT2D eigenvalue weighted by Gasteiger charge is 2.47. The molecule has 2 fully saturated rings. The maximum Gasteiger partial charge on any atom is 0.410 e. The summed E-state index contributed by atoms with van der Waals surface area (Å²) in [5, 5.41) is 18.9. The lowest BCUT2D eigenvalue weighted by atomic mass is 9.93. The van der Waals surface area contributed by atoms with Gasteiger partial charge in [0.25, 0.3) is 0 Å². The van der Waals surface area contributed by atoms with Gasteiger partial charge < -0.3 is 19.6 Å². The molecule has 1 aromatic rings. The van der Waals surface area contributed by atoms with E-state index < -0.39 is 11.7 Å². The Kier molecular flexibility index (Phi) is 4.71. The Morgan fingerprint density at radius 2 is 1.85 bits per heavy atom. The number of aliphatic hydroxyl groups excluding tert-OH is 1. The van der Waals surface area contributed by atoms with E-state index in [1.54, 1.807) is 6.07 Å². The van der Waals surface area contributed by atoms with Crippen LogP contribution >= 0.6 is 11.6 Å². The molecule has 0 spiro atoms. The van der Waals surface area contributed by atoms with E-state index in [4.69, 9.17) is 16.3 Å². The molecule has 4 atom stereocenters. The number of aliphatic hydroxyl groups is 1. The molecule has 0 aromatic carbocycles. The Morgan fingerprint density at radius 1 is 1.19 bits per heavy atom. The predicted octanol–water partition coefficient (Wildman–Crippen LogP) is 3.30. The first-order valence-electron chi connectivity index (χ1n) is 9.72. The molecule has 4 heterocycles. The van der Waals surface area contributed by atoms with Gasteiger partial charge in [-0.05, 0) is 58.9 Å². The van der Waals surface area contributed by atoms with Crippen molar-refractivity contribution in [1.29, 1.82) is 0 Å². The zero-order chi connectivity index (χ0) is 19.3. The molecule has 0 aliphatic carbocycles. The topological polar surface area (TPSA) is 78.8 Å². The van der Waals surface area contributed by atoms with E-state index in [1.165, 1.54) is 0 Å². The van der Waals surface area contributed by atoms with Crippen LogP contribution in [0.3, 0.4) is 0 Å². The Morgan fingerprint density at radius 3 is 2.48 bits per heavy atom. The summed E-state index contributed by atoms with van der Waals surface area (Å²) in [4.78, 5) is 16.9. The minimum absolute atomic E-state index is 0.194. The van der Waals surface area contributed by atoms with Crippen LogP contribution in [-0.4, -0.2) is 56.6 Å². The molecular formula is C19H27ClN4O3. The molecule has 2 saturated heterocycles. The smallest absolute Gasteiger partial charge is 0.410 e. The third-order valence-corrected chi connectivity index (χ3v) is 5.99. The molecule has 3 aliphatic heterocycles. The van der Waals surface area contributed by atoms with E-state index in [0.717, 1.165) is 43.6 Å². The fourth-order valence-corrected chi connectivity index (χ4v) is 4.89. The number of hydrogen-bond donors (Lipinski definition) is 1. The van der Waals surface area contributed by atoms with Crippen molar-refractivity contribution in [2.75, 3.05) is 11.4 Å². The van der Waals surface area contributed by atoms with Crippen LogP contribution in [0.25, 0.3) is 0 Å². The molecule has 3 aliphatic rings. The highest BCUT2D eigenvalue weighted by atomic mass is 35.5. The lowest BCUT2D eigenvalue weighted by Gasteiger charge is -2.45. The summed E-state index contributed by atoms with van der Waals surface area (Å²) >= 11 is 5.98. The number of nitrogens with zero attached hydrogens (tertiary/aromatic N) is 4. The molecule has 1 amide bonds. The second-order valence-electron chi connectivity index (χ2n) is 8.84. The van der Waals surface area contributed by atoms with Crippen LogP contribution in [0.4, 0.5) is 10.6 Å². The molecule has 2 unspecified atom stereocenters. The van der Waals surface area contributed by atoms with Gasteiger partial charge in [0.2, 0.25) is 0 Å². The summed E-state index contributed by atoms with van der Waals surface area (Å²) in [5.74, 6) is 0.730. The molecule has 8 heteroatoms. The van der Waals surface area contributed by atoms with Crippen molar-refractivity contribution in [3.63, 3.8) is 0 Å². The van der Waals surface area contributed by atoms with Crippen molar-refractivity contribution >= 4 is 23.5 Å². The second kappa shape index (κ2) is 6.78. The second-order valence-corrected chi connectivity index (χ2v) is 9.23. The summed E-state index contributed by atoms with van der Waals surface area (Å²) < 4.78 is 5.63. The average Bonchev–Trinajstić information content (AvgIpc) is 2.85. The van der Waals surface area contributed by atoms with Crippen molar-refractivity contribution in [2.24, 2.45) is 0 Å².